The monoisotopic (exact) mass is 201 g/mol. The average molecular weight is 203 g/mol. The molecular weight excluding hydrogens is 198 g/mol. The smallest absolute Gasteiger partial charge is 0.0819 e. The van der Waals surface area contributed by atoms with Gasteiger partial charge >= 0.3 is 0 Å². The van der Waals surface area contributed by atoms with Gasteiger partial charge < -0.3 is 5.73 Å². The zero-order valence-corrected chi connectivity index (χ0v) is 5.79. The van der Waals surface area contributed by atoms with Crippen molar-refractivity contribution in [3.05, 3.63) is 0 Å². The van der Waals surface area contributed by atoms with Crippen molar-refractivity contribution in [3.8, 4) is 0 Å². The lowest BCUT2D eigenvalue weighted by Gasteiger charge is -1.86. The van der Waals surface area contributed by atoms with Gasteiger partial charge in [-0.05, 0) is 0 Å². The van der Waals surface area contributed by atoms with Crippen LogP contribution in [-0.2, 0) is 0 Å². The maximum absolute atomic E-state index is 5.08. The first-order chi connectivity index (χ1) is 2.27. The fourth-order valence-corrected chi connectivity index (χ4v) is 0. The molecule has 32 valence electrons. The van der Waals surface area contributed by atoms with Crippen molar-refractivity contribution in [2.24, 2.45) is 5.73 Å². The van der Waals surface area contributed by atoms with E-state index in [0.717, 1.165) is 0 Å². The number of rotatable bonds is 1. The Bertz CT molecular complexity index is 21.6. The second-order valence-electron chi connectivity index (χ2n) is 0.627. The molecule has 0 radical (unpaired) electrons. The molecule has 0 saturated carbocycles. The lowest BCUT2D eigenvalue weighted by molar-refractivity contribution is 1.13. The van der Waals surface area contributed by atoms with Gasteiger partial charge in [0.1, 0.15) is 0 Å². The van der Waals surface area contributed by atoms with Gasteiger partial charge in [0.15, 0.2) is 0 Å². The van der Waals surface area contributed by atoms with Crippen LogP contribution >= 0.6 is 31.9 Å². The van der Waals surface area contributed by atoms with Crippen LogP contribution < -0.4 is 5.73 Å². The van der Waals surface area contributed by atoms with Gasteiger partial charge in [-0.3, -0.25) is 0 Å². The third kappa shape index (κ3) is 4.92. The summed E-state index contributed by atoms with van der Waals surface area (Å²) in [7, 11) is 0. The molecular formula is C2H5Br2N. The van der Waals surface area contributed by atoms with Crippen LogP contribution in [0.25, 0.3) is 0 Å². The SMILES string of the molecule is NCC(Br)Br. The summed E-state index contributed by atoms with van der Waals surface area (Å²) in [6, 6.07) is 0. The van der Waals surface area contributed by atoms with E-state index in [4.69, 9.17) is 5.73 Å². The van der Waals surface area contributed by atoms with E-state index in [1.165, 1.54) is 0 Å². The normalized spacial score (nSPS) is 9.60. The van der Waals surface area contributed by atoms with Crippen molar-refractivity contribution in [2.45, 2.75) is 3.74 Å². The standard InChI is InChI=1S/C2H5Br2N/c3-2(4)1-5/h2H,1,5H2. The van der Waals surface area contributed by atoms with Gasteiger partial charge in [0, 0.05) is 6.54 Å². The van der Waals surface area contributed by atoms with Crippen molar-refractivity contribution < 1.29 is 0 Å². The molecule has 1 nitrogen and oxygen atoms in total. The Morgan fingerprint density at radius 3 is 1.80 bits per heavy atom. The molecule has 0 heterocycles. The Hall–Kier alpha value is 0.920. The minimum absolute atomic E-state index is 0.287. The van der Waals surface area contributed by atoms with Gasteiger partial charge in [0.25, 0.3) is 0 Å². The zero-order chi connectivity index (χ0) is 4.28. The molecule has 0 amide bonds. The fraction of sp³-hybridized carbons (Fsp3) is 1.00. The van der Waals surface area contributed by atoms with E-state index in [-0.39, 0.29) is 3.74 Å². The van der Waals surface area contributed by atoms with E-state index in [2.05, 4.69) is 31.9 Å². The van der Waals surface area contributed by atoms with E-state index in [9.17, 15) is 0 Å². The third-order valence-corrected chi connectivity index (χ3v) is 0.926. The molecule has 0 aromatic carbocycles. The second kappa shape index (κ2) is 3.12. The van der Waals surface area contributed by atoms with Crippen LogP contribution in [0.15, 0.2) is 0 Å². The molecule has 0 unspecified atom stereocenters. The van der Waals surface area contributed by atoms with E-state index >= 15 is 0 Å². The average Bonchev–Trinajstić information content (AvgIpc) is 1.38. The number of halogens is 2. The van der Waals surface area contributed by atoms with Crippen molar-refractivity contribution in [2.75, 3.05) is 6.54 Å². The van der Waals surface area contributed by atoms with E-state index in [1.807, 2.05) is 0 Å². The van der Waals surface area contributed by atoms with Gasteiger partial charge in [0.05, 0.1) is 3.74 Å². The number of alkyl halides is 2. The van der Waals surface area contributed by atoms with Crippen LogP contribution in [0.2, 0.25) is 0 Å². The molecule has 0 aromatic rings. The van der Waals surface area contributed by atoms with Gasteiger partial charge in [0.2, 0.25) is 0 Å². The largest absolute Gasteiger partial charge is 0.329 e. The first kappa shape index (κ1) is 5.92. The predicted molar refractivity (Wildman–Crippen MR) is 30.7 cm³/mol. The lowest BCUT2D eigenvalue weighted by atomic mass is 10.8. The van der Waals surface area contributed by atoms with Crippen LogP contribution in [-0.4, -0.2) is 10.3 Å². The Labute approximate surface area is 48.2 Å². The summed E-state index contributed by atoms with van der Waals surface area (Å²) in [4.78, 5) is 0. The minimum atomic E-state index is 0.287. The highest BCUT2D eigenvalue weighted by molar-refractivity contribution is 9.24. The summed E-state index contributed by atoms with van der Waals surface area (Å²) in [6.07, 6.45) is 0. The topological polar surface area (TPSA) is 26.0 Å². The Balaban J connectivity index is 2.54. The van der Waals surface area contributed by atoms with Crippen molar-refractivity contribution in [3.63, 3.8) is 0 Å². The van der Waals surface area contributed by atoms with Crippen LogP contribution in [0, 0.1) is 0 Å². The van der Waals surface area contributed by atoms with Gasteiger partial charge in [-0.1, -0.05) is 31.9 Å². The molecule has 0 bridgehead atoms. The molecule has 0 aliphatic carbocycles. The molecule has 0 rings (SSSR count). The molecule has 0 fully saturated rings. The van der Waals surface area contributed by atoms with Crippen LogP contribution in [0.1, 0.15) is 0 Å². The molecule has 5 heavy (non-hydrogen) atoms. The molecule has 0 saturated heterocycles. The molecule has 0 aliphatic rings. The summed E-state index contributed by atoms with van der Waals surface area (Å²) in [5.41, 5.74) is 5.08. The van der Waals surface area contributed by atoms with E-state index in [1.54, 1.807) is 0 Å². The molecule has 0 aliphatic heterocycles. The van der Waals surface area contributed by atoms with Crippen molar-refractivity contribution in [1.82, 2.24) is 0 Å². The lowest BCUT2D eigenvalue weighted by Crippen LogP contribution is -2.05. The molecule has 0 aromatic heterocycles. The third-order valence-electron chi connectivity index (χ3n) is 0.178. The van der Waals surface area contributed by atoms with Gasteiger partial charge in [-0.2, -0.15) is 0 Å². The quantitative estimate of drug-likeness (QED) is 0.633. The summed E-state index contributed by atoms with van der Waals surface area (Å²) < 4.78 is 0.287. The molecule has 3 heteroatoms. The minimum Gasteiger partial charge on any atom is -0.329 e. The zero-order valence-electron chi connectivity index (χ0n) is 2.62. The van der Waals surface area contributed by atoms with E-state index < -0.39 is 0 Å². The van der Waals surface area contributed by atoms with E-state index in [0.29, 0.717) is 6.54 Å². The van der Waals surface area contributed by atoms with Crippen molar-refractivity contribution in [1.29, 1.82) is 0 Å². The van der Waals surface area contributed by atoms with Gasteiger partial charge in [-0.15, -0.1) is 0 Å². The molecule has 0 spiro atoms. The maximum Gasteiger partial charge on any atom is 0.0819 e. The van der Waals surface area contributed by atoms with Crippen LogP contribution in [0.5, 0.6) is 0 Å². The summed E-state index contributed by atoms with van der Waals surface area (Å²) in [5, 5.41) is 0. The highest BCUT2D eigenvalue weighted by atomic mass is 79.9. The number of hydrogen-bond donors (Lipinski definition) is 1. The van der Waals surface area contributed by atoms with Gasteiger partial charge in [-0.25, -0.2) is 0 Å². The Morgan fingerprint density at radius 2 is 1.80 bits per heavy atom. The van der Waals surface area contributed by atoms with Crippen LogP contribution in [0.4, 0.5) is 0 Å². The molecule has 2 N–H and O–H groups in total. The van der Waals surface area contributed by atoms with Crippen LogP contribution in [0.3, 0.4) is 0 Å². The molecule has 0 atom stereocenters. The summed E-state index contributed by atoms with van der Waals surface area (Å²) in [6.45, 7) is 0.639. The number of hydrogen-bond acceptors (Lipinski definition) is 1. The second-order valence-corrected chi connectivity index (χ2v) is 4.07. The Morgan fingerprint density at radius 1 is 1.60 bits per heavy atom. The first-order valence-corrected chi connectivity index (χ1v) is 3.08. The summed E-state index contributed by atoms with van der Waals surface area (Å²) >= 11 is 6.33. The highest BCUT2D eigenvalue weighted by Gasteiger charge is 1.85. The fourth-order valence-electron chi connectivity index (χ4n) is 0. The predicted octanol–water partition coefficient (Wildman–Crippen LogP) is 1.06. The first-order valence-electron chi connectivity index (χ1n) is 1.25. The Kier molecular flexibility index (Phi) is 3.70. The number of nitrogens with two attached hydrogens (primary N) is 1. The maximum atomic E-state index is 5.08. The summed E-state index contributed by atoms with van der Waals surface area (Å²) in [5.74, 6) is 0. The highest BCUT2D eigenvalue weighted by Crippen LogP contribution is 2.02. The van der Waals surface area contributed by atoms with Crippen molar-refractivity contribution >= 4 is 31.9 Å².